The topological polar surface area (TPSA) is 139 Å². The summed E-state index contributed by atoms with van der Waals surface area (Å²) in [5, 5.41) is 7.00. The molecule has 2 saturated heterocycles. The lowest BCUT2D eigenvalue weighted by molar-refractivity contribution is -0.123. The van der Waals surface area contributed by atoms with Crippen molar-refractivity contribution in [3.8, 4) is 17.0 Å². The smallest absolute Gasteiger partial charge is 0.271 e. The summed E-state index contributed by atoms with van der Waals surface area (Å²) in [6.07, 6.45) is 3.77. The number of piperidine rings is 2. The minimum atomic E-state index is -3.72. The van der Waals surface area contributed by atoms with Crippen molar-refractivity contribution >= 4 is 21.8 Å². The number of aromatic amines is 1. The molecule has 4 rings (SSSR count). The highest BCUT2D eigenvalue weighted by molar-refractivity contribution is 7.89. The summed E-state index contributed by atoms with van der Waals surface area (Å²) >= 11 is 0. The van der Waals surface area contributed by atoms with Gasteiger partial charge in [0.25, 0.3) is 5.91 Å². The Balaban J connectivity index is 1.56. The van der Waals surface area contributed by atoms with Crippen molar-refractivity contribution in [2.75, 3.05) is 33.3 Å². The summed E-state index contributed by atoms with van der Waals surface area (Å²) in [5.74, 6) is -0.480. The average molecular weight is 476 g/mol. The number of carbonyl (C=O) groups excluding carboxylic acids is 2. The van der Waals surface area contributed by atoms with Gasteiger partial charge in [0.05, 0.1) is 12.8 Å². The van der Waals surface area contributed by atoms with Crippen LogP contribution in [0.1, 0.15) is 42.6 Å². The van der Waals surface area contributed by atoms with Crippen molar-refractivity contribution < 1.29 is 22.7 Å². The number of primary amides is 1. The zero-order valence-electron chi connectivity index (χ0n) is 18.6. The van der Waals surface area contributed by atoms with Gasteiger partial charge in [0.1, 0.15) is 16.3 Å². The van der Waals surface area contributed by atoms with Gasteiger partial charge in [-0.05, 0) is 49.9 Å². The summed E-state index contributed by atoms with van der Waals surface area (Å²) in [4.78, 5) is 26.0. The highest BCUT2D eigenvalue weighted by atomic mass is 32.2. The Morgan fingerprint density at radius 1 is 1.09 bits per heavy atom. The van der Waals surface area contributed by atoms with Crippen LogP contribution in [0.3, 0.4) is 0 Å². The number of likely N-dealkylation sites (tertiary alicyclic amines) is 1. The number of aromatic nitrogens is 2. The summed E-state index contributed by atoms with van der Waals surface area (Å²) in [6.45, 7) is 1.87. The van der Waals surface area contributed by atoms with E-state index in [0.29, 0.717) is 56.0 Å². The van der Waals surface area contributed by atoms with Crippen LogP contribution < -0.4 is 10.5 Å². The molecule has 0 bridgehead atoms. The molecule has 11 heteroatoms. The number of amides is 2. The molecule has 0 atom stereocenters. The Bertz CT molecular complexity index is 1130. The Hall–Kier alpha value is -2.92. The molecule has 33 heavy (non-hydrogen) atoms. The maximum atomic E-state index is 13.3. The van der Waals surface area contributed by atoms with Crippen molar-refractivity contribution in [2.24, 2.45) is 11.7 Å². The van der Waals surface area contributed by atoms with E-state index < -0.39 is 10.0 Å². The van der Waals surface area contributed by atoms with E-state index >= 15 is 0 Å². The average Bonchev–Trinajstić information content (AvgIpc) is 3.34. The predicted molar refractivity (Wildman–Crippen MR) is 121 cm³/mol. The molecule has 3 heterocycles. The van der Waals surface area contributed by atoms with E-state index in [9.17, 15) is 18.0 Å². The second-order valence-corrected chi connectivity index (χ2v) is 10.4. The number of carbonyl (C=O) groups is 2. The Kier molecular flexibility index (Phi) is 6.71. The van der Waals surface area contributed by atoms with Gasteiger partial charge in [0, 0.05) is 37.7 Å². The number of ether oxygens (including phenoxy) is 1. The number of benzene rings is 1. The summed E-state index contributed by atoms with van der Waals surface area (Å²) in [6, 6.07) is 6.49. The molecule has 0 spiro atoms. The third kappa shape index (κ3) is 4.74. The standard InChI is InChI=1S/C22H29N5O5S/c1-32-19-6-5-16(13-20(19)33(30,31)27-9-3-2-4-10-27)17-14-18(25-24-17)22(29)26-11-7-15(8-12-26)21(23)28/h5-6,13-15H,2-4,7-12H2,1H3,(H2,23,28)(H,24,25). The van der Waals surface area contributed by atoms with E-state index in [1.807, 2.05) is 0 Å². The van der Waals surface area contributed by atoms with Gasteiger partial charge in [0.15, 0.2) is 0 Å². The molecule has 0 aliphatic carbocycles. The SMILES string of the molecule is COc1ccc(-c2cc(C(=O)N3CCC(C(N)=O)CC3)[nH]n2)cc1S(=O)(=O)N1CCCCC1. The predicted octanol–water partition coefficient (Wildman–Crippen LogP) is 1.60. The minimum absolute atomic E-state index is 0.0915. The molecule has 0 unspecified atom stereocenters. The monoisotopic (exact) mass is 475 g/mol. The molecule has 2 aromatic rings. The van der Waals surface area contributed by atoms with Gasteiger partial charge in [-0.3, -0.25) is 14.7 Å². The largest absolute Gasteiger partial charge is 0.495 e. The number of H-pyrrole nitrogens is 1. The van der Waals surface area contributed by atoms with Crippen molar-refractivity contribution in [1.82, 2.24) is 19.4 Å². The second kappa shape index (κ2) is 9.52. The first-order valence-corrected chi connectivity index (χ1v) is 12.6. The first-order chi connectivity index (χ1) is 15.8. The summed E-state index contributed by atoms with van der Waals surface area (Å²) in [7, 11) is -2.28. The molecule has 178 valence electrons. The van der Waals surface area contributed by atoms with Gasteiger partial charge < -0.3 is 15.4 Å². The van der Waals surface area contributed by atoms with E-state index in [1.54, 1.807) is 29.2 Å². The fourth-order valence-electron chi connectivity index (χ4n) is 4.40. The number of methoxy groups -OCH3 is 1. The Morgan fingerprint density at radius 3 is 2.42 bits per heavy atom. The van der Waals surface area contributed by atoms with E-state index in [4.69, 9.17) is 10.5 Å². The van der Waals surface area contributed by atoms with Crippen LogP contribution >= 0.6 is 0 Å². The quantitative estimate of drug-likeness (QED) is 0.651. The Labute approximate surface area is 193 Å². The Morgan fingerprint density at radius 2 is 1.79 bits per heavy atom. The van der Waals surface area contributed by atoms with Crippen LogP contribution in [0.5, 0.6) is 5.75 Å². The molecule has 2 aliphatic heterocycles. The number of hydrogen-bond acceptors (Lipinski definition) is 6. The number of sulfonamides is 1. The normalized spacial score (nSPS) is 18.3. The number of rotatable bonds is 6. The first-order valence-electron chi connectivity index (χ1n) is 11.1. The number of nitrogens with zero attached hydrogens (tertiary/aromatic N) is 3. The van der Waals surface area contributed by atoms with Gasteiger partial charge in [-0.15, -0.1) is 0 Å². The molecule has 3 N–H and O–H groups in total. The van der Waals surface area contributed by atoms with Gasteiger partial charge >= 0.3 is 0 Å². The lowest BCUT2D eigenvalue weighted by Gasteiger charge is -2.30. The molecular weight excluding hydrogens is 446 g/mol. The van der Waals surface area contributed by atoms with Crippen molar-refractivity contribution in [2.45, 2.75) is 37.0 Å². The molecule has 0 radical (unpaired) electrons. The highest BCUT2D eigenvalue weighted by Crippen LogP contribution is 2.32. The summed E-state index contributed by atoms with van der Waals surface area (Å²) < 4.78 is 33.4. The van der Waals surface area contributed by atoms with Crippen LogP contribution in [0, 0.1) is 5.92 Å². The molecule has 10 nitrogen and oxygen atoms in total. The first kappa shape index (κ1) is 23.2. The van der Waals surface area contributed by atoms with Crippen molar-refractivity contribution in [3.63, 3.8) is 0 Å². The maximum absolute atomic E-state index is 13.3. The lowest BCUT2D eigenvalue weighted by Crippen LogP contribution is -2.41. The third-order valence-corrected chi connectivity index (χ3v) is 8.30. The molecule has 1 aromatic carbocycles. The highest BCUT2D eigenvalue weighted by Gasteiger charge is 2.30. The number of hydrogen-bond donors (Lipinski definition) is 2. The van der Waals surface area contributed by atoms with Crippen LogP contribution in [-0.2, 0) is 14.8 Å². The van der Waals surface area contributed by atoms with Gasteiger partial charge in [0.2, 0.25) is 15.9 Å². The zero-order chi connectivity index (χ0) is 23.6. The van der Waals surface area contributed by atoms with Crippen LogP contribution in [0.2, 0.25) is 0 Å². The number of nitrogens with two attached hydrogens (primary N) is 1. The molecular formula is C22H29N5O5S. The molecule has 2 aliphatic rings. The van der Waals surface area contributed by atoms with Crippen LogP contribution in [0.4, 0.5) is 0 Å². The lowest BCUT2D eigenvalue weighted by atomic mass is 9.96. The van der Waals surface area contributed by atoms with Gasteiger partial charge in [-0.2, -0.15) is 9.40 Å². The number of nitrogens with one attached hydrogen (secondary N) is 1. The molecule has 0 saturated carbocycles. The van der Waals surface area contributed by atoms with E-state index in [1.165, 1.54) is 11.4 Å². The minimum Gasteiger partial charge on any atom is -0.495 e. The van der Waals surface area contributed by atoms with Crippen LogP contribution in [-0.4, -0.2) is 72.9 Å². The van der Waals surface area contributed by atoms with Crippen LogP contribution in [0.25, 0.3) is 11.3 Å². The van der Waals surface area contributed by atoms with Gasteiger partial charge in [-0.1, -0.05) is 6.42 Å². The maximum Gasteiger partial charge on any atom is 0.271 e. The van der Waals surface area contributed by atoms with Gasteiger partial charge in [-0.25, -0.2) is 8.42 Å². The van der Waals surface area contributed by atoms with Crippen LogP contribution in [0.15, 0.2) is 29.2 Å². The fraction of sp³-hybridized carbons (Fsp3) is 0.500. The molecule has 2 fully saturated rings. The molecule has 1 aromatic heterocycles. The van der Waals surface area contributed by atoms with E-state index in [2.05, 4.69) is 10.2 Å². The molecule has 2 amide bonds. The fourth-order valence-corrected chi connectivity index (χ4v) is 6.10. The van der Waals surface area contributed by atoms with Crippen molar-refractivity contribution in [3.05, 3.63) is 30.0 Å². The second-order valence-electron chi connectivity index (χ2n) is 8.47. The van der Waals surface area contributed by atoms with Crippen molar-refractivity contribution in [1.29, 1.82) is 0 Å². The van der Waals surface area contributed by atoms with E-state index in [0.717, 1.165) is 19.3 Å². The zero-order valence-corrected chi connectivity index (χ0v) is 19.4. The third-order valence-electron chi connectivity index (χ3n) is 6.39. The van der Waals surface area contributed by atoms with E-state index in [-0.39, 0.29) is 28.4 Å². The summed E-state index contributed by atoms with van der Waals surface area (Å²) in [5.41, 5.74) is 6.69.